The number of rotatable bonds is 8. The van der Waals surface area contributed by atoms with E-state index in [1.165, 1.54) is 31.2 Å². The molecule has 1 aliphatic heterocycles. The smallest absolute Gasteiger partial charge is 0.285 e. The first kappa shape index (κ1) is 19.9. The molecule has 1 aliphatic carbocycles. The van der Waals surface area contributed by atoms with E-state index in [1.54, 1.807) is 18.2 Å². The van der Waals surface area contributed by atoms with Gasteiger partial charge in [0.15, 0.2) is 0 Å². The number of ether oxygens (including phenoxy) is 1. The minimum Gasteiger partial charge on any atom is -0.494 e. The van der Waals surface area contributed by atoms with Crippen LogP contribution in [0.25, 0.3) is 0 Å². The molecule has 0 atom stereocenters. The van der Waals surface area contributed by atoms with Crippen molar-refractivity contribution in [3.8, 4) is 5.75 Å². The molecule has 4 rings (SSSR count). The lowest BCUT2D eigenvalue weighted by Crippen LogP contribution is -2.25. The molecule has 0 saturated heterocycles. The fourth-order valence-corrected chi connectivity index (χ4v) is 5.03. The molecule has 2 aromatic rings. The maximum Gasteiger partial charge on any atom is 0.285 e. The van der Waals surface area contributed by atoms with Gasteiger partial charge in [0.2, 0.25) is 0 Å². The average Bonchev–Trinajstić information content (AvgIpc) is 3.33. The highest BCUT2D eigenvalue weighted by molar-refractivity contribution is 7.90. The second-order valence-electron chi connectivity index (χ2n) is 7.55. The minimum absolute atomic E-state index is 0.266. The van der Waals surface area contributed by atoms with Gasteiger partial charge in [-0.1, -0.05) is 37.1 Å². The Bertz CT molecular complexity index is 982. The summed E-state index contributed by atoms with van der Waals surface area (Å²) in [5.74, 6) is 1.28. The number of hydrogen-bond acceptors (Lipinski definition) is 5. The third-order valence-electron chi connectivity index (χ3n) is 5.36. The van der Waals surface area contributed by atoms with Gasteiger partial charge in [-0.15, -0.1) is 4.40 Å². The van der Waals surface area contributed by atoms with Crippen molar-refractivity contribution in [2.24, 2.45) is 4.40 Å². The zero-order chi connectivity index (χ0) is 20.1. The Morgan fingerprint density at radius 3 is 2.76 bits per heavy atom. The molecule has 0 bridgehead atoms. The summed E-state index contributed by atoms with van der Waals surface area (Å²) >= 11 is 0. The highest BCUT2D eigenvalue weighted by atomic mass is 32.2. The lowest BCUT2D eigenvalue weighted by molar-refractivity contribution is 0.311. The number of sulfonamides is 1. The van der Waals surface area contributed by atoms with Gasteiger partial charge >= 0.3 is 0 Å². The molecule has 1 heterocycles. The fourth-order valence-electron chi connectivity index (χ4n) is 3.84. The number of nitrogens with zero attached hydrogens (tertiary/aromatic N) is 1. The molecule has 6 nitrogen and oxygen atoms in total. The zero-order valence-corrected chi connectivity index (χ0v) is 17.2. The van der Waals surface area contributed by atoms with Crippen LogP contribution in [0.3, 0.4) is 0 Å². The quantitative estimate of drug-likeness (QED) is 0.650. The van der Waals surface area contributed by atoms with Gasteiger partial charge in [0.1, 0.15) is 16.5 Å². The Morgan fingerprint density at radius 2 is 1.90 bits per heavy atom. The van der Waals surface area contributed by atoms with E-state index in [1.807, 2.05) is 18.2 Å². The van der Waals surface area contributed by atoms with E-state index >= 15 is 0 Å². The second kappa shape index (κ2) is 8.97. The topological polar surface area (TPSA) is 79.8 Å². The van der Waals surface area contributed by atoms with Gasteiger partial charge in [-0.25, -0.2) is 0 Å². The van der Waals surface area contributed by atoms with Crippen LogP contribution in [0, 0.1) is 0 Å². The summed E-state index contributed by atoms with van der Waals surface area (Å²) in [5, 5.41) is 6.74. The third kappa shape index (κ3) is 4.97. The fraction of sp³-hybridized carbons (Fsp3) is 0.409. The molecule has 0 spiro atoms. The summed E-state index contributed by atoms with van der Waals surface area (Å²) in [6.07, 6.45) is 5.96. The van der Waals surface area contributed by atoms with Crippen LogP contribution in [0.5, 0.6) is 5.75 Å². The second-order valence-corrected chi connectivity index (χ2v) is 9.12. The molecule has 1 saturated carbocycles. The normalized spacial score (nSPS) is 17.7. The molecule has 0 amide bonds. The van der Waals surface area contributed by atoms with Gasteiger partial charge in [-0.3, -0.25) is 0 Å². The van der Waals surface area contributed by atoms with E-state index in [9.17, 15) is 8.42 Å². The van der Waals surface area contributed by atoms with E-state index in [-0.39, 0.29) is 4.90 Å². The highest BCUT2D eigenvalue weighted by Crippen LogP contribution is 2.24. The van der Waals surface area contributed by atoms with Gasteiger partial charge in [-0.05, 0) is 49.1 Å². The summed E-state index contributed by atoms with van der Waals surface area (Å²) in [4.78, 5) is 0.266. The van der Waals surface area contributed by atoms with E-state index < -0.39 is 10.0 Å². The van der Waals surface area contributed by atoms with Gasteiger partial charge in [-0.2, -0.15) is 8.42 Å². The minimum atomic E-state index is -3.57. The van der Waals surface area contributed by atoms with Gasteiger partial charge in [0.05, 0.1) is 6.61 Å². The monoisotopic (exact) mass is 413 g/mol. The predicted octanol–water partition coefficient (Wildman–Crippen LogP) is 3.23. The van der Waals surface area contributed by atoms with Crippen LogP contribution in [0.4, 0.5) is 0 Å². The Morgan fingerprint density at radius 1 is 1.07 bits per heavy atom. The van der Waals surface area contributed by atoms with Crippen molar-refractivity contribution in [2.75, 3.05) is 13.2 Å². The van der Waals surface area contributed by atoms with Crippen molar-refractivity contribution in [2.45, 2.75) is 49.6 Å². The summed E-state index contributed by atoms with van der Waals surface area (Å²) in [6.45, 7) is 2.01. The van der Waals surface area contributed by atoms with Crippen molar-refractivity contribution < 1.29 is 13.2 Å². The first-order chi connectivity index (χ1) is 14.1. The number of fused-ring (bicyclic) bond motifs is 1. The first-order valence-corrected chi connectivity index (χ1v) is 11.7. The van der Waals surface area contributed by atoms with Crippen LogP contribution >= 0.6 is 0 Å². The summed E-state index contributed by atoms with van der Waals surface area (Å²) < 4.78 is 33.8. The van der Waals surface area contributed by atoms with E-state index in [4.69, 9.17) is 4.74 Å². The lowest BCUT2D eigenvalue weighted by Gasteiger charge is -2.13. The maximum atomic E-state index is 12.0. The highest BCUT2D eigenvalue weighted by Gasteiger charge is 2.27. The first-order valence-electron chi connectivity index (χ1n) is 10.3. The van der Waals surface area contributed by atoms with Crippen molar-refractivity contribution in [1.29, 1.82) is 0 Å². The van der Waals surface area contributed by atoms with E-state index in [0.717, 1.165) is 18.7 Å². The van der Waals surface area contributed by atoms with Crippen LogP contribution in [0.15, 0.2) is 57.8 Å². The molecule has 154 valence electrons. The predicted molar refractivity (Wildman–Crippen MR) is 114 cm³/mol. The molecule has 1 fully saturated rings. The van der Waals surface area contributed by atoms with Crippen molar-refractivity contribution in [3.63, 3.8) is 0 Å². The van der Waals surface area contributed by atoms with Gasteiger partial charge < -0.3 is 15.4 Å². The molecule has 0 aromatic heterocycles. The Labute approximate surface area is 172 Å². The van der Waals surface area contributed by atoms with Crippen molar-refractivity contribution in [1.82, 2.24) is 10.6 Å². The van der Waals surface area contributed by atoms with Crippen LogP contribution in [0.1, 0.15) is 43.2 Å². The molecule has 2 aromatic carbocycles. The largest absolute Gasteiger partial charge is 0.494 e. The summed E-state index contributed by atoms with van der Waals surface area (Å²) in [7, 11) is -3.57. The van der Waals surface area contributed by atoms with E-state index in [2.05, 4.69) is 27.2 Å². The molecule has 29 heavy (non-hydrogen) atoms. The third-order valence-corrected chi connectivity index (χ3v) is 6.70. The Balaban J connectivity index is 1.22. The molecule has 2 aliphatic rings. The number of nitrogens with one attached hydrogen (secondary N) is 2. The van der Waals surface area contributed by atoms with Crippen LogP contribution in [-0.2, 0) is 16.6 Å². The van der Waals surface area contributed by atoms with Crippen LogP contribution in [0.2, 0.25) is 0 Å². The maximum absolute atomic E-state index is 12.0. The zero-order valence-electron chi connectivity index (χ0n) is 16.4. The average molecular weight is 414 g/mol. The van der Waals surface area contributed by atoms with E-state index in [0.29, 0.717) is 30.6 Å². The van der Waals surface area contributed by atoms with Gasteiger partial charge in [0, 0.05) is 24.7 Å². The molecule has 7 heteroatoms. The number of amidine groups is 1. The molecule has 0 radical (unpaired) electrons. The van der Waals surface area contributed by atoms with Crippen molar-refractivity contribution >= 4 is 15.9 Å². The Kier molecular flexibility index (Phi) is 6.16. The standard InChI is InChI=1S/C22H27N3O3S/c26-29(27)21-12-4-3-11-20(21)22(25-29)23-13-6-14-28-19-10-5-7-17(15-19)16-24-18-8-1-2-9-18/h3-5,7,10-12,15,18,24H,1-2,6,8-9,13-14,16H2,(H,23,25). The molecular weight excluding hydrogens is 386 g/mol. The number of benzene rings is 2. The summed E-state index contributed by atoms with van der Waals surface area (Å²) in [5.41, 5.74) is 1.87. The van der Waals surface area contributed by atoms with Crippen LogP contribution in [-0.4, -0.2) is 33.4 Å². The van der Waals surface area contributed by atoms with Gasteiger partial charge in [0.25, 0.3) is 10.0 Å². The molecular formula is C22H27N3O3S. The lowest BCUT2D eigenvalue weighted by atomic mass is 10.2. The molecule has 0 unspecified atom stereocenters. The Hall–Kier alpha value is -2.38. The summed E-state index contributed by atoms with van der Waals surface area (Å²) in [6, 6.07) is 15.7. The van der Waals surface area contributed by atoms with Crippen LogP contribution < -0.4 is 15.4 Å². The SMILES string of the molecule is O=S1(=O)N=C(NCCCOc2cccc(CNC3CCCC3)c2)c2ccccc21. The number of hydrogen-bond donors (Lipinski definition) is 2. The molecule has 2 N–H and O–H groups in total. The van der Waals surface area contributed by atoms with Crippen molar-refractivity contribution in [3.05, 3.63) is 59.7 Å².